The van der Waals surface area contributed by atoms with Crippen LogP contribution in [-0.2, 0) is 13.0 Å². The topological polar surface area (TPSA) is 46.9 Å². The van der Waals surface area contributed by atoms with Crippen molar-refractivity contribution in [1.82, 2.24) is 15.1 Å². The molecule has 2 aromatic carbocycles. The lowest BCUT2D eigenvalue weighted by atomic mass is 10.00. The van der Waals surface area contributed by atoms with Gasteiger partial charge in [0.2, 0.25) is 0 Å². The van der Waals surface area contributed by atoms with Gasteiger partial charge in [-0.05, 0) is 62.9 Å². The summed E-state index contributed by atoms with van der Waals surface area (Å²) in [5.41, 5.74) is 5.44. The van der Waals surface area contributed by atoms with Gasteiger partial charge in [-0.15, -0.1) is 0 Å². The SMILES string of the molecule is Cc1ccc(CC(C)NC(=O)c2c(C)nn(Cc3ccc(F)cc3)c2Cl)c(C)c1. The van der Waals surface area contributed by atoms with E-state index >= 15 is 0 Å². The third-order valence-electron chi connectivity index (χ3n) is 4.94. The molecule has 0 aliphatic rings. The molecule has 1 amide bonds. The third kappa shape index (κ3) is 5.04. The van der Waals surface area contributed by atoms with Crippen molar-refractivity contribution < 1.29 is 9.18 Å². The molecule has 152 valence electrons. The van der Waals surface area contributed by atoms with Crippen LogP contribution in [0.5, 0.6) is 0 Å². The highest BCUT2D eigenvalue weighted by Crippen LogP contribution is 2.21. The summed E-state index contributed by atoms with van der Waals surface area (Å²) in [7, 11) is 0. The van der Waals surface area contributed by atoms with Crippen LogP contribution in [0, 0.1) is 26.6 Å². The van der Waals surface area contributed by atoms with E-state index in [-0.39, 0.29) is 22.9 Å². The Morgan fingerprint density at radius 2 is 1.86 bits per heavy atom. The maximum atomic E-state index is 13.1. The van der Waals surface area contributed by atoms with Gasteiger partial charge in [-0.2, -0.15) is 5.10 Å². The normalized spacial score (nSPS) is 12.1. The Balaban J connectivity index is 1.71. The Morgan fingerprint density at radius 3 is 2.52 bits per heavy atom. The number of halogens is 2. The number of hydrogen-bond donors (Lipinski definition) is 1. The summed E-state index contributed by atoms with van der Waals surface area (Å²) in [6, 6.07) is 12.4. The minimum atomic E-state index is -0.297. The lowest BCUT2D eigenvalue weighted by molar-refractivity contribution is 0.0939. The molecule has 1 aromatic heterocycles. The number of amides is 1. The zero-order valence-corrected chi connectivity index (χ0v) is 17.8. The van der Waals surface area contributed by atoms with Crippen molar-refractivity contribution in [3.05, 3.63) is 86.9 Å². The largest absolute Gasteiger partial charge is 0.349 e. The molecule has 0 saturated heterocycles. The Bertz CT molecular complexity index is 1030. The van der Waals surface area contributed by atoms with Crippen LogP contribution in [0.25, 0.3) is 0 Å². The highest BCUT2D eigenvalue weighted by atomic mass is 35.5. The third-order valence-corrected chi connectivity index (χ3v) is 5.32. The molecule has 4 nitrogen and oxygen atoms in total. The van der Waals surface area contributed by atoms with E-state index in [1.807, 2.05) is 6.92 Å². The summed E-state index contributed by atoms with van der Waals surface area (Å²) in [5, 5.41) is 7.70. The molecular weight excluding hydrogens is 389 g/mol. The Morgan fingerprint density at radius 1 is 1.17 bits per heavy atom. The predicted octanol–water partition coefficient (Wildman–Crippen LogP) is 5.01. The van der Waals surface area contributed by atoms with Crippen LogP contribution in [0.1, 0.15) is 45.2 Å². The van der Waals surface area contributed by atoms with Gasteiger partial charge in [0.25, 0.3) is 5.91 Å². The zero-order valence-electron chi connectivity index (χ0n) is 17.1. The summed E-state index contributed by atoms with van der Waals surface area (Å²) in [4.78, 5) is 12.8. The highest BCUT2D eigenvalue weighted by molar-refractivity contribution is 6.33. The van der Waals surface area contributed by atoms with Gasteiger partial charge in [0, 0.05) is 6.04 Å². The van der Waals surface area contributed by atoms with Gasteiger partial charge in [0.05, 0.1) is 17.8 Å². The first-order chi connectivity index (χ1) is 13.7. The predicted molar refractivity (Wildman–Crippen MR) is 114 cm³/mol. The van der Waals surface area contributed by atoms with Crippen LogP contribution in [0.4, 0.5) is 4.39 Å². The standard InChI is InChI=1S/C23H25ClFN3O/c1-14-5-8-19(15(2)11-14)12-16(3)26-23(29)21-17(4)27-28(22(21)24)13-18-6-9-20(25)10-7-18/h5-11,16H,12-13H2,1-4H3,(H,26,29). The Labute approximate surface area is 175 Å². The quantitative estimate of drug-likeness (QED) is 0.617. The fourth-order valence-electron chi connectivity index (χ4n) is 3.43. The number of nitrogens with one attached hydrogen (secondary N) is 1. The van der Waals surface area contributed by atoms with Gasteiger partial charge < -0.3 is 5.32 Å². The smallest absolute Gasteiger partial charge is 0.256 e. The van der Waals surface area contributed by atoms with E-state index in [2.05, 4.69) is 42.5 Å². The molecule has 0 spiro atoms. The van der Waals surface area contributed by atoms with E-state index < -0.39 is 0 Å². The van der Waals surface area contributed by atoms with Gasteiger partial charge >= 0.3 is 0 Å². The fraction of sp³-hybridized carbons (Fsp3) is 0.304. The lowest BCUT2D eigenvalue weighted by Crippen LogP contribution is -2.34. The molecule has 6 heteroatoms. The molecule has 0 saturated carbocycles. The summed E-state index contributed by atoms with van der Waals surface area (Å²) < 4.78 is 14.7. The van der Waals surface area contributed by atoms with Crippen molar-refractivity contribution in [1.29, 1.82) is 0 Å². The first-order valence-electron chi connectivity index (χ1n) is 9.59. The fourth-order valence-corrected chi connectivity index (χ4v) is 3.75. The Kier molecular flexibility index (Phi) is 6.38. The molecule has 1 N–H and O–H groups in total. The number of nitrogens with zero attached hydrogens (tertiary/aromatic N) is 2. The van der Waals surface area contributed by atoms with Gasteiger partial charge in [0.15, 0.2) is 0 Å². The van der Waals surface area contributed by atoms with Crippen molar-refractivity contribution in [2.24, 2.45) is 0 Å². The molecule has 0 fully saturated rings. The lowest BCUT2D eigenvalue weighted by Gasteiger charge is -2.16. The molecule has 0 aliphatic heterocycles. The second kappa shape index (κ2) is 8.78. The average molecular weight is 414 g/mol. The van der Waals surface area contributed by atoms with Crippen LogP contribution in [-0.4, -0.2) is 21.7 Å². The van der Waals surface area contributed by atoms with Crippen molar-refractivity contribution in [3.63, 3.8) is 0 Å². The number of carbonyl (C=O) groups is 1. The van der Waals surface area contributed by atoms with E-state index in [1.165, 1.54) is 28.8 Å². The molecular formula is C23H25ClFN3O. The van der Waals surface area contributed by atoms with Gasteiger partial charge in [-0.1, -0.05) is 47.5 Å². The van der Waals surface area contributed by atoms with Gasteiger partial charge in [-0.3, -0.25) is 4.79 Å². The van der Waals surface area contributed by atoms with Gasteiger partial charge in [0.1, 0.15) is 11.0 Å². The maximum Gasteiger partial charge on any atom is 0.256 e. The number of aromatic nitrogens is 2. The monoisotopic (exact) mass is 413 g/mol. The minimum Gasteiger partial charge on any atom is -0.349 e. The van der Waals surface area contributed by atoms with Crippen molar-refractivity contribution >= 4 is 17.5 Å². The average Bonchev–Trinajstić information content (AvgIpc) is 2.93. The molecule has 3 aromatic rings. The first-order valence-corrected chi connectivity index (χ1v) is 9.96. The summed E-state index contributed by atoms with van der Waals surface area (Å²) >= 11 is 6.46. The Hall–Kier alpha value is -2.66. The highest BCUT2D eigenvalue weighted by Gasteiger charge is 2.22. The van der Waals surface area contributed by atoms with E-state index in [0.717, 1.165) is 12.0 Å². The van der Waals surface area contributed by atoms with E-state index in [1.54, 1.807) is 23.7 Å². The van der Waals surface area contributed by atoms with Crippen LogP contribution >= 0.6 is 11.6 Å². The van der Waals surface area contributed by atoms with E-state index in [4.69, 9.17) is 11.6 Å². The maximum absolute atomic E-state index is 13.1. The number of benzene rings is 2. The second-order valence-corrected chi connectivity index (χ2v) is 7.90. The van der Waals surface area contributed by atoms with Crippen LogP contribution in [0.3, 0.4) is 0 Å². The van der Waals surface area contributed by atoms with Crippen molar-refractivity contribution in [3.8, 4) is 0 Å². The number of hydrogen-bond acceptors (Lipinski definition) is 2. The van der Waals surface area contributed by atoms with Crippen LogP contribution in [0.15, 0.2) is 42.5 Å². The number of aryl methyl sites for hydroxylation is 3. The summed E-state index contributed by atoms with van der Waals surface area (Å²) in [5.74, 6) is -0.538. The van der Waals surface area contributed by atoms with E-state index in [0.29, 0.717) is 17.8 Å². The minimum absolute atomic E-state index is 0.0557. The first kappa shape index (κ1) is 21.1. The summed E-state index contributed by atoms with van der Waals surface area (Å²) in [6.07, 6.45) is 0.734. The number of rotatable bonds is 6. The van der Waals surface area contributed by atoms with Crippen molar-refractivity contribution in [2.45, 2.75) is 46.7 Å². The second-order valence-electron chi connectivity index (χ2n) is 7.54. The molecule has 29 heavy (non-hydrogen) atoms. The van der Waals surface area contributed by atoms with Crippen molar-refractivity contribution in [2.75, 3.05) is 0 Å². The molecule has 0 bridgehead atoms. The summed E-state index contributed by atoms with van der Waals surface area (Å²) in [6.45, 7) is 8.25. The zero-order chi connectivity index (χ0) is 21.1. The van der Waals surface area contributed by atoms with Gasteiger partial charge in [-0.25, -0.2) is 9.07 Å². The molecule has 3 rings (SSSR count). The number of carbonyl (C=O) groups excluding carboxylic acids is 1. The molecule has 0 radical (unpaired) electrons. The molecule has 1 unspecified atom stereocenters. The molecule has 1 heterocycles. The van der Waals surface area contributed by atoms with Crippen LogP contribution in [0.2, 0.25) is 5.15 Å². The molecule has 0 aliphatic carbocycles. The van der Waals surface area contributed by atoms with E-state index in [9.17, 15) is 9.18 Å². The van der Waals surface area contributed by atoms with Crippen LogP contribution < -0.4 is 5.32 Å². The molecule has 1 atom stereocenters.